The number of amides is 1. The Morgan fingerprint density at radius 3 is 2.52 bits per heavy atom. The summed E-state index contributed by atoms with van der Waals surface area (Å²) in [5.74, 6) is 1.41. The van der Waals surface area contributed by atoms with Crippen molar-refractivity contribution in [2.45, 2.75) is 44.1 Å². The van der Waals surface area contributed by atoms with Crippen LogP contribution < -0.4 is 9.47 Å². The minimum atomic E-state index is -0.559. The molecule has 0 aliphatic carbocycles. The molecule has 31 heavy (non-hydrogen) atoms. The fourth-order valence-corrected chi connectivity index (χ4v) is 4.37. The van der Waals surface area contributed by atoms with E-state index >= 15 is 0 Å². The van der Waals surface area contributed by atoms with E-state index in [-0.39, 0.29) is 17.5 Å². The Kier molecular flexibility index (Phi) is 6.07. The number of carbonyl (C=O) groups is 3. The molecule has 0 saturated carbocycles. The van der Waals surface area contributed by atoms with E-state index in [0.717, 1.165) is 0 Å². The van der Waals surface area contributed by atoms with E-state index in [4.69, 9.17) is 9.47 Å². The fourth-order valence-electron chi connectivity index (χ4n) is 4.37. The molecular weight excluding hydrogens is 394 g/mol. The first-order valence-electron chi connectivity index (χ1n) is 10.8. The van der Waals surface area contributed by atoms with Crippen molar-refractivity contribution in [3.8, 4) is 11.5 Å². The minimum absolute atomic E-state index is 0.0555. The van der Waals surface area contributed by atoms with E-state index in [1.165, 1.54) is 0 Å². The molecule has 1 fully saturated rings. The lowest BCUT2D eigenvalue weighted by molar-refractivity contribution is -0.134. The van der Waals surface area contributed by atoms with Gasteiger partial charge in [0.2, 0.25) is 5.91 Å². The smallest absolute Gasteiger partial charge is 0.222 e. The van der Waals surface area contributed by atoms with E-state index in [0.29, 0.717) is 74.2 Å². The summed E-state index contributed by atoms with van der Waals surface area (Å²) in [6.45, 7) is 1.11. The lowest BCUT2D eigenvalue weighted by Gasteiger charge is -2.44. The highest BCUT2D eigenvalue weighted by Crippen LogP contribution is 2.40. The number of hydrogen-bond acceptors (Lipinski definition) is 5. The minimum Gasteiger partial charge on any atom is -0.497 e. The highest BCUT2D eigenvalue weighted by Gasteiger charge is 2.43. The van der Waals surface area contributed by atoms with Gasteiger partial charge in [-0.1, -0.05) is 30.3 Å². The van der Waals surface area contributed by atoms with Gasteiger partial charge in [0.05, 0.1) is 19.1 Å². The van der Waals surface area contributed by atoms with E-state index in [1.54, 1.807) is 37.4 Å². The van der Waals surface area contributed by atoms with Crippen molar-refractivity contribution < 1.29 is 23.9 Å². The number of likely N-dealkylation sites (tertiary alicyclic amines) is 1. The van der Waals surface area contributed by atoms with Gasteiger partial charge in [-0.25, -0.2) is 0 Å². The Morgan fingerprint density at radius 2 is 1.81 bits per heavy atom. The van der Waals surface area contributed by atoms with Crippen LogP contribution in [-0.4, -0.2) is 48.2 Å². The van der Waals surface area contributed by atoms with Crippen molar-refractivity contribution in [3.63, 3.8) is 0 Å². The van der Waals surface area contributed by atoms with E-state index < -0.39 is 5.60 Å². The van der Waals surface area contributed by atoms with Gasteiger partial charge in [-0.05, 0) is 18.6 Å². The summed E-state index contributed by atoms with van der Waals surface area (Å²) in [5, 5.41) is 0. The highest BCUT2D eigenvalue weighted by molar-refractivity contribution is 6.00. The number of ether oxygens (including phenoxy) is 2. The van der Waals surface area contributed by atoms with E-state index in [1.807, 2.05) is 23.1 Å². The number of nitrogens with zero attached hydrogens (tertiary/aromatic N) is 1. The number of carbonyl (C=O) groups excluding carboxylic acids is 3. The lowest BCUT2D eigenvalue weighted by Crippen LogP contribution is -2.52. The Hall–Kier alpha value is -3.15. The second-order valence-electron chi connectivity index (χ2n) is 8.27. The summed E-state index contributed by atoms with van der Waals surface area (Å²) in [4.78, 5) is 39.3. The van der Waals surface area contributed by atoms with Crippen LogP contribution in [0.15, 0.2) is 48.5 Å². The van der Waals surface area contributed by atoms with Crippen molar-refractivity contribution in [2.24, 2.45) is 0 Å². The number of ketones is 2. The Labute approximate surface area is 182 Å². The third-order valence-corrected chi connectivity index (χ3v) is 6.22. The molecule has 2 aliphatic heterocycles. The van der Waals surface area contributed by atoms with Crippen LogP contribution in [0.25, 0.3) is 0 Å². The molecule has 4 rings (SSSR count). The van der Waals surface area contributed by atoms with Gasteiger partial charge in [0.25, 0.3) is 0 Å². The average Bonchev–Trinajstić information content (AvgIpc) is 2.79. The van der Waals surface area contributed by atoms with Crippen molar-refractivity contribution in [3.05, 3.63) is 59.7 Å². The predicted octanol–water partition coefficient (Wildman–Crippen LogP) is 4.07. The second kappa shape index (κ2) is 8.92. The molecule has 0 atom stereocenters. The first-order valence-corrected chi connectivity index (χ1v) is 10.8. The molecule has 1 amide bonds. The van der Waals surface area contributed by atoms with Gasteiger partial charge in [0.1, 0.15) is 17.1 Å². The van der Waals surface area contributed by atoms with Crippen molar-refractivity contribution in [1.29, 1.82) is 0 Å². The summed E-state index contributed by atoms with van der Waals surface area (Å²) in [6.07, 6.45) is 2.82. The van der Waals surface area contributed by atoms with Gasteiger partial charge in [-0.2, -0.15) is 0 Å². The zero-order valence-electron chi connectivity index (χ0n) is 17.8. The SMILES string of the molecule is COc1ccc2c(c1)OC1(CCN(C(=O)CCCC(=O)c3ccccc3)CC1)CC2=O. The van der Waals surface area contributed by atoms with Gasteiger partial charge >= 0.3 is 0 Å². The van der Waals surface area contributed by atoms with Crippen molar-refractivity contribution >= 4 is 17.5 Å². The van der Waals surface area contributed by atoms with Crippen LogP contribution in [0.4, 0.5) is 0 Å². The average molecular weight is 421 g/mol. The van der Waals surface area contributed by atoms with Crippen LogP contribution in [0, 0.1) is 0 Å². The third kappa shape index (κ3) is 4.63. The standard InChI is InChI=1S/C25H27NO5/c1-30-19-10-11-20-22(28)17-25(31-23(20)16-19)12-14-26(15-13-25)24(29)9-5-8-21(27)18-6-3-2-4-7-18/h2-4,6-7,10-11,16H,5,8-9,12-15,17H2,1H3. The maximum atomic E-state index is 12.7. The van der Waals surface area contributed by atoms with Crippen LogP contribution in [-0.2, 0) is 4.79 Å². The summed E-state index contributed by atoms with van der Waals surface area (Å²) >= 11 is 0. The molecule has 1 saturated heterocycles. The molecule has 0 radical (unpaired) electrons. The molecule has 0 aromatic heterocycles. The molecule has 2 aliphatic rings. The fraction of sp³-hybridized carbons (Fsp3) is 0.400. The molecule has 162 valence electrons. The molecular formula is C25H27NO5. The van der Waals surface area contributed by atoms with Gasteiger partial charge < -0.3 is 14.4 Å². The Bertz CT molecular complexity index is 977. The van der Waals surface area contributed by atoms with E-state index in [2.05, 4.69) is 0 Å². The number of Topliss-reactive ketones (excluding diaryl/α,β-unsaturated/α-hetero) is 2. The zero-order valence-corrected chi connectivity index (χ0v) is 17.8. The molecule has 2 heterocycles. The quantitative estimate of drug-likeness (QED) is 0.658. The van der Waals surface area contributed by atoms with Crippen LogP contribution in [0.5, 0.6) is 11.5 Å². The summed E-state index contributed by atoms with van der Waals surface area (Å²) < 4.78 is 11.5. The Balaban J connectivity index is 1.29. The zero-order chi connectivity index (χ0) is 21.8. The number of piperidine rings is 1. The number of hydrogen-bond donors (Lipinski definition) is 0. The summed E-state index contributed by atoms with van der Waals surface area (Å²) in [5.41, 5.74) is 0.718. The number of benzene rings is 2. The van der Waals surface area contributed by atoms with Gasteiger partial charge in [-0.15, -0.1) is 0 Å². The lowest BCUT2D eigenvalue weighted by atomic mass is 9.82. The number of fused-ring (bicyclic) bond motifs is 1. The normalized spacial score (nSPS) is 17.1. The summed E-state index contributed by atoms with van der Waals surface area (Å²) in [6, 6.07) is 14.4. The molecule has 2 aromatic carbocycles. The van der Waals surface area contributed by atoms with E-state index in [9.17, 15) is 14.4 Å². The van der Waals surface area contributed by atoms with Crippen LogP contribution in [0.2, 0.25) is 0 Å². The number of methoxy groups -OCH3 is 1. The van der Waals surface area contributed by atoms with Crippen LogP contribution in [0.3, 0.4) is 0 Å². The van der Waals surface area contributed by atoms with Crippen LogP contribution >= 0.6 is 0 Å². The monoisotopic (exact) mass is 421 g/mol. The first kappa shape index (κ1) is 21.1. The molecule has 6 nitrogen and oxygen atoms in total. The molecule has 6 heteroatoms. The van der Waals surface area contributed by atoms with Gasteiger partial charge in [0.15, 0.2) is 11.6 Å². The molecule has 1 spiro atoms. The van der Waals surface area contributed by atoms with Gasteiger partial charge in [0, 0.05) is 50.4 Å². The molecule has 0 unspecified atom stereocenters. The van der Waals surface area contributed by atoms with Gasteiger partial charge in [-0.3, -0.25) is 14.4 Å². The molecule has 0 bridgehead atoms. The van der Waals surface area contributed by atoms with Crippen molar-refractivity contribution in [2.75, 3.05) is 20.2 Å². The Morgan fingerprint density at radius 1 is 1.06 bits per heavy atom. The topological polar surface area (TPSA) is 72.9 Å². The molecule has 2 aromatic rings. The molecule has 0 N–H and O–H groups in total. The van der Waals surface area contributed by atoms with Crippen molar-refractivity contribution in [1.82, 2.24) is 4.90 Å². The third-order valence-electron chi connectivity index (χ3n) is 6.22. The number of rotatable bonds is 6. The largest absolute Gasteiger partial charge is 0.497 e. The maximum absolute atomic E-state index is 12.7. The van der Waals surface area contributed by atoms with Crippen LogP contribution in [0.1, 0.15) is 59.2 Å². The maximum Gasteiger partial charge on any atom is 0.222 e. The second-order valence-corrected chi connectivity index (χ2v) is 8.27. The first-order chi connectivity index (χ1) is 15.0. The highest BCUT2D eigenvalue weighted by atomic mass is 16.5. The summed E-state index contributed by atoms with van der Waals surface area (Å²) in [7, 11) is 1.58. The predicted molar refractivity (Wildman–Crippen MR) is 116 cm³/mol.